The van der Waals surface area contributed by atoms with Gasteiger partial charge in [-0.3, -0.25) is 19.4 Å². The molecule has 142 valence electrons. The van der Waals surface area contributed by atoms with Gasteiger partial charge >= 0.3 is 0 Å². The van der Waals surface area contributed by atoms with Crippen LogP contribution in [0.3, 0.4) is 0 Å². The van der Waals surface area contributed by atoms with E-state index in [1.165, 1.54) is 0 Å². The Hall–Kier alpha value is -1.96. The lowest BCUT2D eigenvalue weighted by Gasteiger charge is -2.38. The summed E-state index contributed by atoms with van der Waals surface area (Å²) in [7, 11) is 0. The Kier molecular flexibility index (Phi) is 6.60. The third-order valence-corrected chi connectivity index (χ3v) is 5.10. The molecule has 1 unspecified atom stereocenters. The van der Waals surface area contributed by atoms with Crippen molar-refractivity contribution >= 4 is 17.5 Å². The van der Waals surface area contributed by atoms with Gasteiger partial charge in [0.1, 0.15) is 0 Å². The first kappa shape index (κ1) is 18.8. The number of carbonyl (C=O) groups excluding carboxylic acids is 2. The van der Waals surface area contributed by atoms with E-state index in [4.69, 9.17) is 4.74 Å². The van der Waals surface area contributed by atoms with Gasteiger partial charge in [-0.25, -0.2) is 0 Å². The maximum atomic E-state index is 12.5. The Labute approximate surface area is 154 Å². The lowest BCUT2D eigenvalue weighted by Crippen LogP contribution is -2.55. The third-order valence-electron chi connectivity index (χ3n) is 5.10. The number of nitrogens with one attached hydrogen (secondary N) is 1. The Morgan fingerprint density at radius 1 is 1.04 bits per heavy atom. The molecular formula is C19H28N4O3. The SMILES string of the molecule is CC(C(=O)Nc1ccccc1)N1CCN(C(=O)CN2CCOCC2)CC1. The lowest BCUT2D eigenvalue weighted by atomic mass is 10.2. The van der Waals surface area contributed by atoms with E-state index >= 15 is 0 Å². The summed E-state index contributed by atoms with van der Waals surface area (Å²) in [5.41, 5.74) is 0.809. The second-order valence-corrected chi connectivity index (χ2v) is 6.84. The zero-order valence-electron chi connectivity index (χ0n) is 15.4. The van der Waals surface area contributed by atoms with Crippen LogP contribution in [0, 0.1) is 0 Å². The van der Waals surface area contributed by atoms with E-state index in [1.807, 2.05) is 42.2 Å². The van der Waals surface area contributed by atoms with Crippen LogP contribution < -0.4 is 5.32 Å². The van der Waals surface area contributed by atoms with Crippen molar-refractivity contribution in [1.29, 1.82) is 0 Å². The van der Waals surface area contributed by atoms with Crippen molar-refractivity contribution in [1.82, 2.24) is 14.7 Å². The molecule has 2 aliphatic heterocycles. The maximum absolute atomic E-state index is 12.5. The van der Waals surface area contributed by atoms with Crippen LogP contribution in [0.15, 0.2) is 30.3 Å². The van der Waals surface area contributed by atoms with Crippen molar-refractivity contribution in [2.45, 2.75) is 13.0 Å². The van der Waals surface area contributed by atoms with E-state index in [0.717, 1.165) is 31.9 Å². The molecule has 26 heavy (non-hydrogen) atoms. The fourth-order valence-corrected chi connectivity index (χ4v) is 3.34. The Bertz CT molecular complexity index is 596. The van der Waals surface area contributed by atoms with Crippen molar-refractivity contribution in [2.75, 3.05) is 64.3 Å². The minimum Gasteiger partial charge on any atom is -0.379 e. The molecule has 2 fully saturated rings. The van der Waals surface area contributed by atoms with Gasteiger partial charge in [-0.1, -0.05) is 18.2 Å². The van der Waals surface area contributed by atoms with Crippen molar-refractivity contribution in [3.63, 3.8) is 0 Å². The van der Waals surface area contributed by atoms with E-state index in [1.54, 1.807) is 0 Å². The zero-order valence-corrected chi connectivity index (χ0v) is 15.4. The van der Waals surface area contributed by atoms with Crippen molar-refractivity contribution in [3.05, 3.63) is 30.3 Å². The zero-order chi connectivity index (χ0) is 18.4. The van der Waals surface area contributed by atoms with Gasteiger partial charge in [0.2, 0.25) is 11.8 Å². The predicted molar refractivity (Wildman–Crippen MR) is 99.9 cm³/mol. The molecule has 0 saturated carbocycles. The molecule has 0 radical (unpaired) electrons. The topological polar surface area (TPSA) is 65.1 Å². The number of hydrogen-bond donors (Lipinski definition) is 1. The average molecular weight is 360 g/mol. The summed E-state index contributed by atoms with van der Waals surface area (Å²) in [6, 6.07) is 9.27. The second kappa shape index (κ2) is 9.12. The van der Waals surface area contributed by atoms with Crippen LogP contribution in [0.4, 0.5) is 5.69 Å². The first-order valence-electron chi connectivity index (χ1n) is 9.31. The van der Waals surface area contributed by atoms with Gasteiger partial charge in [-0.2, -0.15) is 0 Å². The van der Waals surface area contributed by atoms with Crippen molar-refractivity contribution < 1.29 is 14.3 Å². The molecule has 2 aliphatic rings. The van der Waals surface area contributed by atoms with Gasteiger partial charge in [0.05, 0.1) is 25.8 Å². The molecule has 1 N–H and O–H groups in total. The summed E-state index contributed by atoms with van der Waals surface area (Å²) in [5.74, 6) is 0.164. The minimum atomic E-state index is -0.216. The maximum Gasteiger partial charge on any atom is 0.241 e. The van der Waals surface area contributed by atoms with Crippen molar-refractivity contribution in [3.8, 4) is 0 Å². The van der Waals surface area contributed by atoms with Crippen LogP contribution in [0.2, 0.25) is 0 Å². The molecule has 7 heteroatoms. The fourth-order valence-electron chi connectivity index (χ4n) is 3.34. The highest BCUT2D eigenvalue weighted by atomic mass is 16.5. The largest absolute Gasteiger partial charge is 0.379 e. The molecule has 0 aliphatic carbocycles. The van der Waals surface area contributed by atoms with Gasteiger partial charge in [0.25, 0.3) is 0 Å². The molecule has 3 rings (SSSR count). The number of hydrogen-bond acceptors (Lipinski definition) is 5. The third kappa shape index (κ3) is 5.03. The van der Waals surface area contributed by atoms with E-state index in [9.17, 15) is 9.59 Å². The Morgan fingerprint density at radius 3 is 2.35 bits per heavy atom. The molecule has 2 heterocycles. The van der Waals surface area contributed by atoms with Crippen LogP contribution in [0.5, 0.6) is 0 Å². The summed E-state index contributed by atoms with van der Waals surface area (Å²) in [6.45, 7) is 8.22. The molecule has 2 saturated heterocycles. The molecule has 0 aromatic heterocycles. The molecule has 7 nitrogen and oxygen atoms in total. The normalized spacial score (nSPS) is 20.6. The molecule has 1 aromatic carbocycles. The summed E-state index contributed by atoms with van der Waals surface area (Å²) in [6.07, 6.45) is 0. The van der Waals surface area contributed by atoms with Crippen LogP contribution in [0.1, 0.15) is 6.92 Å². The summed E-state index contributed by atoms with van der Waals surface area (Å²) in [5, 5.41) is 2.95. The van der Waals surface area contributed by atoms with Gasteiger partial charge in [-0.15, -0.1) is 0 Å². The minimum absolute atomic E-state index is 0.00991. The van der Waals surface area contributed by atoms with E-state index in [-0.39, 0.29) is 17.9 Å². The molecular weight excluding hydrogens is 332 g/mol. The van der Waals surface area contributed by atoms with E-state index in [2.05, 4.69) is 15.1 Å². The Morgan fingerprint density at radius 2 is 1.69 bits per heavy atom. The second-order valence-electron chi connectivity index (χ2n) is 6.84. The van der Waals surface area contributed by atoms with Crippen LogP contribution in [0.25, 0.3) is 0 Å². The van der Waals surface area contributed by atoms with Gasteiger partial charge in [-0.05, 0) is 19.1 Å². The fraction of sp³-hybridized carbons (Fsp3) is 0.579. The lowest BCUT2D eigenvalue weighted by molar-refractivity contribution is -0.135. The number of nitrogens with zero attached hydrogens (tertiary/aromatic N) is 3. The van der Waals surface area contributed by atoms with E-state index in [0.29, 0.717) is 32.8 Å². The summed E-state index contributed by atoms with van der Waals surface area (Å²) in [4.78, 5) is 31.1. The monoisotopic (exact) mass is 360 g/mol. The molecule has 0 spiro atoms. The number of amides is 2. The summed E-state index contributed by atoms with van der Waals surface area (Å²) < 4.78 is 5.32. The number of benzene rings is 1. The number of para-hydroxylation sites is 1. The van der Waals surface area contributed by atoms with Gasteiger partial charge in [0.15, 0.2) is 0 Å². The number of carbonyl (C=O) groups is 2. The molecule has 1 atom stereocenters. The molecule has 0 bridgehead atoms. The first-order chi connectivity index (χ1) is 12.6. The number of anilines is 1. The van der Waals surface area contributed by atoms with Gasteiger partial charge < -0.3 is 15.0 Å². The highest BCUT2D eigenvalue weighted by Crippen LogP contribution is 2.11. The Balaban J connectivity index is 1.43. The summed E-state index contributed by atoms with van der Waals surface area (Å²) >= 11 is 0. The van der Waals surface area contributed by atoms with Crippen LogP contribution in [-0.2, 0) is 14.3 Å². The smallest absolute Gasteiger partial charge is 0.241 e. The highest BCUT2D eigenvalue weighted by molar-refractivity contribution is 5.94. The molecule has 1 aromatic rings. The van der Waals surface area contributed by atoms with E-state index < -0.39 is 0 Å². The predicted octanol–water partition coefficient (Wildman–Crippen LogP) is 0.490. The number of piperazine rings is 1. The molecule has 2 amide bonds. The number of morpholine rings is 1. The van der Waals surface area contributed by atoms with Crippen molar-refractivity contribution in [2.24, 2.45) is 0 Å². The van der Waals surface area contributed by atoms with Gasteiger partial charge in [0, 0.05) is 45.0 Å². The van der Waals surface area contributed by atoms with Crippen LogP contribution in [-0.4, -0.2) is 91.6 Å². The quantitative estimate of drug-likeness (QED) is 0.828. The number of rotatable bonds is 5. The highest BCUT2D eigenvalue weighted by Gasteiger charge is 2.28. The standard InChI is InChI=1S/C19H28N4O3/c1-16(19(25)20-17-5-3-2-4-6-17)22-7-9-23(10-8-22)18(24)15-21-11-13-26-14-12-21/h2-6,16H,7-15H2,1H3,(H,20,25). The average Bonchev–Trinajstić information content (AvgIpc) is 2.69. The van der Waals surface area contributed by atoms with Crippen LogP contribution >= 0.6 is 0 Å². The number of ether oxygens (including phenoxy) is 1. The first-order valence-corrected chi connectivity index (χ1v) is 9.31.